The van der Waals surface area contributed by atoms with Gasteiger partial charge in [-0.05, 0) is 25.9 Å². The number of halogens is 2. The summed E-state index contributed by atoms with van der Waals surface area (Å²) >= 11 is 5.30. The molecule has 0 aromatic carbocycles. The van der Waals surface area contributed by atoms with E-state index in [0.29, 0.717) is 11.2 Å². The van der Waals surface area contributed by atoms with Crippen molar-refractivity contribution in [3.63, 3.8) is 0 Å². The van der Waals surface area contributed by atoms with Crippen LogP contribution in [0.25, 0.3) is 0 Å². The van der Waals surface area contributed by atoms with Crippen molar-refractivity contribution >= 4 is 38.7 Å². The molecule has 0 unspecified atom stereocenters. The summed E-state index contributed by atoms with van der Waals surface area (Å²) < 4.78 is 0. The molecule has 0 atom stereocenters. The molecule has 0 aliphatic rings. The van der Waals surface area contributed by atoms with Gasteiger partial charge in [-0.2, -0.15) is 0 Å². The fourth-order valence-corrected chi connectivity index (χ4v) is 0.289. The van der Waals surface area contributed by atoms with Crippen LogP contribution in [0.5, 0.6) is 0 Å². The first-order valence-electron chi connectivity index (χ1n) is 2.56. The molecule has 0 amide bonds. The molecular formula is C4H12I2N2Pt. The van der Waals surface area contributed by atoms with Crippen LogP contribution < -0.4 is 11.5 Å². The summed E-state index contributed by atoms with van der Waals surface area (Å²) in [5, 5.41) is 0. The third-order valence-corrected chi connectivity index (χ3v) is 0.658. The Kier molecular flexibility index (Phi) is 25.1. The molecule has 2 nitrogen and oxygen atoms in total. The number of hydrogen-bond acceptors (Lipinski definition) is 2. The summed E-state index contributed by atoms with van der Waals surface area (Å²) in [6.45, 7) is 1.55. The molecule has 0 radical (unpaired) electrons. The Morgan fingerprint density at radius 2 is 1.22 bits per heavy atom. The second kappa shape index (κ2) is 16.6. The van der Waals surface area contributed by atoms with Crippen molar-refractivity contribution in [1.82, 2.24) is 0 Å². The summed E-state index contributed by atoms with van der Waals surface area (Å²) in [6, 6.07) is 0. The summed E-state index contributed by atoms with van der Waals surface area (Å²) in [6.07, 6.45) is 2.13. The number of hydrogen-bond donors (Lipinski definition) is 2. The molecule has 0 aromatic rings. The predicted molar refractivity (Wildman–Crippen MR) is 55.4 cm³/mol. The maximum absolute atomic E-state index is 5.16. The summed E-state index contributed by atoms with van der Waals surface area (Å²) in [5.41, 5.74) is 10.3. The van der Waals surface area contributed by atoms with Crippen molar-refractivity contribution in [2.45, 2.75) is 12.8 Å². The Balaban J connectivity index is 0. The van der Waals surface area contributed by atoms with Crippen LogP contribution in [0.4, 0.5) is 0 Å². The molecule has 0 spiro atoms. The topological polar surface area (TPSA) is 52.0 Å². The van der Waals surface area contributed by atoms with Gasteiger partial charge in [-0.15, -0.1) is 0 Å². The van der Waals surface area contributed by atoms with E-state index in [1.54, 1.807) is 0 Å². The van der Waals surface area contributed by atoms with Crippen molar-refractivity contribution in [3.05, 3.63) is 0 Å². The van der Waals surface area contributed by atoms with Crippen LogP contribution in [0.15, 0.2) is 0 Å². The van der Waals surface area contributed by atoms with Gasteiger partial charge in [-0.1, -0.05) is 0 Å². The van der Waals surface area contributed by atoms with E-state index < -0.39 is 0 Å². The van der Waals surface area contributed by atoms with Gasteiger partial charge in [-0.25, -0.2) is 0 Å². The molecule has 0 aliphatic carbocycles. The minimum atomic E-state index is 0.523. The molecule has 9 heavy (non-hydrogen) atoms. The molecule has 0 bridgehead atoms. The first-order valence-corrected chi connectivity index (χ1v) is 15.4. The minimum absolute atomic E-state index is 0.523. The number of unbranched alkanes of at least 4 members (excludes halogenated alkanes) is 1. The third-order valence-electron chi connectivity index (χ3n) is 0.658. The van der Waals surface area contributed by atoms with Crippen LogP contribution in [0.2, 0.25) is 0 Å². The number of rotatable bonds is 3. The molecule has 0 heterocycles. The van der Waals surface area contributed by atoms with E-state index in [0.717, 1.165) is 25.9 Å². The SMILES string of the molecule is NCCCCN.[I][Pt][I]. The molecule has 0 aliphatic heterocycles. The molecule has 62 valence electrons. The van der Waals surface area contributed by atoms with E-state index in [1.807, 2.05) is 0 Å². The zero-order valence-electron chi connectivity index (χ0n) is 5.06. The first kappa shape index (κ1) is 13.6. The van der Waals surface area contributed by atoms with Gasteiger partial charge in [0.2, 0.25) is 0 Å². The van der Waals surface area contributed by atoms with E-state index in [1.165, 1.54) is 0 Å². The summed E-state index contributed by atoms with van der Waals surface area (Å²) in [5.74, 6) is 0. The maximum atomic E-state index is 5.16. The monoisotopic (exact) mass is 537 g/mol. The molecule has 4 N–H and O–H groups in total. The van der Waals surface area contributed by atoms with Crippen molar-refractivity contribution in [2.75, 3.05) is 13.1 Å². The molecule has 0 saturated heterocycles. The summed E-state index contributed by atoms with van der Waals surface area (Å²) in [4.78, 5) is 0. The van der Waals surface area contributed by atoms with Crippen LogP contribution in [-0.4, -0.2) is 13.1 Å². The van der Waals surface area contributed by atoms with Crippen molar-refractivity contribution in [1.29, 1.82) is 0 Å². The Bertz CT molecular complexity index is 35.7. The van der Waals surface area contributed by atoms with Gasteiger partial charge < -0.3 is 11.5 Å². The fourth-order valence-electron chi connectivity index (χ4n) is 0.289. The first-order chi connectivity index (χ1) is 4.33. The molecule has 0 fully saturated rings. The van der Waals surface area contributed by atoms with Gasteiger partial charge in [0.05, 0.1) is 0 Å². The fraction of sp³-hybridized carbons (Fsp3) is 1.00. The third kappa shape index (κ3) is 25.5. The van der Waals surface area contributed by atoms with Gasteiger partial charge in [0.15, 0.2) is 0 Å². The van der Waals surface area contributed by atoms with Gasteiger partial charge in [0.1, 0.15) is 0 Å². The average molecular weight is 537 g/mol. The van der Waals surface area contributed by atoms with E-state index in [-0.39, 0.29) is 0 Å². The Labute approximate surface area is 86.1 Å². The van der Waals surface area contributed by atoms with Gasteiger partial charge in [-0.3, -0.25) is 0 Å². The van der Waals surface area contributed by atoms with Gasteiger partial charge >= 0.3 is 49.9 Å². The van der Waals surface area contributed by atoms with Crippen LogP contribution >= 0.6 is 38.7 Å². The standard InChI is InChI=1S/C4H12N2.2HI.Pt/c5-3-1-2-4-6;;;/h1-6H2;2*1H;/q;;;+2/p-2. The molecule has 0 aromatic heterocycles. The van der Waals surface area contributed by atoms with Crippen molar-refractivity contribution in [3.8, 4) is 0 Å². The van der Waals surface area contributed by atoms with Crippen LogP contribution in [0.1, 0.15) is 12.8 Å². The Morgan fingerprint density at radius 3 is 1.33 bits per heavy atom. The van der Waals surface area contributed by atoms with E-state index >= 15 is 0 Å². The predicted octanol–water partition coefficient (Wildman–Crippen LogP) is 1.45. The molecule has 0 rings (SSSR count). The van der Waals surface area contributed by atoms with Crippen molar-refractivity contribution < 1.29 is 11.2 Å². The van der Waals surface area contributed by atoms with E-state index in [4.69, 9.17) is 11.5 Å². The Hall–Kier alpha value is 2.07. The zero-order valence-corrected chi connectivity index (χ0v) is 11.6. The molecule has 5 heteroatoms. The second-order valence-corrected chi connectivity index (χ2v) is 17.9. The van der Waals surface area contributed by atoms with Crippen LogP contribution in [0, 0.1) is 0 Å². The van der Waals surface area contributed by atoms with E-state index in [9.17, 15) is 0 Å². The number of nitrogens with two attached hydrogens (primary N) is 2. The summed E-state index contributed by atoms with van der Waals surface area (Å²) in [7, 11) is 0. The van der Waals surface area contributed by atoms with Gasteiger partial charge in [0, 0.05) is 0 Å². The van der Waals surface area contributed by atoms with Crippen molar-refractivity contribution in [2.24, 2.45) is 11.5 Å². The van der Waals surface area contributed by atoms with Crippen LogP contribution in [0.3, 0.4) is 0 Å². The molecular weight excluding hydrogens is 525 g/mol. The van der Waals surface area contributed by atoms with Gasteiger partial charge in [0.25, 0.3) is 0 Å². The normalized spacial score (nSPS) is 8.44. The van der Waals surface area contributed by atoms with Crippen LogP contribution in [-0.2, 0) is 11.2 Å². The average Bonchev–Trinajstić information content (AvgIpc) is 1.86. The zero-order chi connectivity index (χ0) is 7.54. The Morgan fingerprint density at radius 1 is 1.00 bits per heavy atom. The van der Waals surface area contributed by atoms with E-state index in [2.05, 4.69) is 38.7 Å². The second-order valence-electron chi connectivity index (χ2n) is 1.33. The quantitative estimate of drug-likeness (QED) is 0.424. The molecule has 0 saturated carbocycles.